The number of carboxylic acids is 1. The normalized spacial score (nSPS) is 35.0. The molecular weight excluding hydrogens is 350 g/mol. The quantitative estimate of drug-likeness (QED) is 0.715. The number of hydrogen-bond acceptors (Lipinski definition) is 6. The highest BCUT2D eigenvalue weighted by Gasteiger charge is 2.69. The monoisotopic (exact) mass is 368 g/mol. The zero-order chi connectivity index (χ0) is 18.9. The van der Waals surface area contributed by atoms with Crippen molar-refractivity contribution in [1.29, 1.82) is 0 Å². The number of ether oxygens (including phenoxy) is 3. The van der Waals surface area contributed by atoms with Gasteiger partial charge in [-0.1, -0.05) is 30.4 Å². The van der Waals surface area contributed by atoms with E-state index in [1.807, 2.05) is 25.1 Å². The van der Waals surface area contributed by atoms with Gasteiger partial charge in [-0.3, -0.25) is 4.79 Å². The summed E-state index contributed by atoms with van der Waals surface area (Å²) in [5, 5.41) is 11.7. The molecule has 0 unspecified atom stereocenters. The summed E-state index contributed by atoms with van der Waals surface area (Å²) in [5.74, 6) is -1.98. The van der Waals surface area contributed by atoms with Gasteiger partial charge >= 0.3 is 0 Å². The summed E-state index contributed by atoms with van der Waals surface area (Å²) >= 11 is 0. The van der Waals surface area contributed by atoms with Gasteiger partial charge < -0.3 is 29.0 Å². The second-order valence-electron chi connectivity index (χ2n) is 7.52. The van der Waals surface area contributed by atoms with Crippen molar-refractivity contribution in [2.75, 3.05) is 6.79 Å². The summed E-state index contributed by atoms with van der Waals surface area (Å²) in [5.41, 5.74) is 0.615. The average Bonchev–Trinajstić information content (AvgIpc) is 3.35. The molecule has 1 aromatic rings. The number of nitrogens with zero attached hydrogens (tertiary/aromatic N) is 1. The third-order valence-corrected chi connectivity index (χ3v) is 5.90. The lowest BCUT2D eigenvalue weighted by Gasteiger charge is -2.33. The van der Waals surface area contributed by atoms with E-state index in [4.69, 9.17) is 14.2 Å². The summed E-state index contributed by atoms with van der Waals surface area (Å²) in [4.78, 5) is 26.6. The van der Waals surface area contributed by atoms with Gasteiger partial charge in [0.2, 0.25) is 12.7 Å². The van der Waals surface area contributed by atoms with Crippen molar-refractivity contribution in [3.63, 3.8) is 0 Å². The number of benzene rings is 1. The SMILES string of the molecule is C=C(C)[C@@H]1N(Cc2ccc3c(c2)OCO3)C(=O)[C@@H]2[C@@H](C(=O)[O-])[C@@H]3C=C[C@@]21O3. The van der Waals surface area contributed by atoms with Crippen LogP contribution in [-0.4, -0.2) is 41.3 Å². The molecule has 1 spiro atoms. The minimum Gasteiger partial charge on any atom is -0.550 e. The Balaban J connectivity index is 1.53. The van der Waals surface area contributed by atoms with E-state index in [0.29, 0.717) is 18.0 Å². The smallest absolute Gasteiger partial charge is 0.231 e. The van der Waals surface area contributed by atoms with Crippen molar-refractivity contribution in [3.05, 3.63) is 48.1 Å². The van der Waals surface area contributed by atoms with Crippen molar-refractivity contribution >= 4 is 11.9 Å². The number of amides is 1. The topological polar surface area (TPSA) is 88.1 Å². The van der Waals surface area contributed by atoms with Crippen LogP contribution in [0.2, 0.25) is 0 Å². The van der Waals surface area contributed by atoms with Crippen LogP contribution in [0.15, 0.2) is 42.5 Å². The Morgan fingerprint density at radius 3 is 2.89 bits per heavy atom. The summed E-state index contributed by atoms with van der Waals surface area (Å²) in [6.07, 6.45) is 2.93. The Kier molecular flexibility index (Phi) is 3.25. The lowest BCUT2D eigenvalue weighted by Crippen LogP contribution is -2.46. The number of carbonyl (C=O) groups is 2. The molecule has 5 rings (SSSR count). The first kappa shape index (κ1) is 16.4. The van der Waals surface area contributed by atoms with Gasteiger partial charge in [-0.25, -0.2) is 0 Å². The molecule has 0 aromatic heterocycles. The first-order valence-corrected chi connectivity index (χ1v) is 8.85. The zero-order valence-corrected chi connectivity index (χ0v) is 14.7. The first-order valence-electron chi connectivity index (χ1n) is 8.85. The summed E-state index contributed by atoms with van der Waals surface area (Å²) in [7, 11) is 0. The standard InChI is InChI=1S/C20H19NO6/c1-10(2)17-20-6-5-13(27-20)15(19(23)24)16(20)18(22)21(17)8-11-3-4-12-14(7-11)26-9-25-12/h3-7,13,15-17H,1,8-9H2,2H3,(H,23,24)/p-1/t13-,15-,16-,17-,20+/m0/s1. The molecular formula is C20H18NO6-. The maximum absolute atomic E-state index is 13.3. The maximum Gasteiger partial charge on any atom is 0.231 e. The van der Waals surface area contributed by atoms with Gasteiger partial charge in [0.05, 0.1) is 18.1 Å². The predicted molar refractivity (Wildman–Crippen MR) is 90.4 cm³/mol. The van der Waals surface area contributed by atoms with Gasteiger partial charge in [-0.2, -0.15) is 0 Å². The van der Waals surface area contributed by atoms with E-state index < -0.39 is 35.6 Å². The molecule has 4 aliphatic rings. The minimum atomic E-state index is -1.25. The average molecular weight is 368 g/mol. The second-order valence-corrected chi connectivity index (χ2v) is 7.52. The van der Waals surface area contributed by atoms with E-state index in [1.165, 1.54) is 0 Å². The first-order chi connectivity index (χ1) is 12.9. The van der Waals surface area contributed by atoms with Crippen molar-refractivity contribution in [2.45, 2.75) is 31.2 Å². The van der Waals surface area contributed by atoms with E-state index in [1.54, 1.807) is 17.0 Å². The highest BCUT2D eigenvalue weighted by Crippen LogP contribution is 2.56. The van der Waals surface area contributed by atoms with Crippen LogP contribution < -0.4 is 14.6 Å². The summed E-state index contributed by atoms with van der Waals surface area (Å²) < 4.78 is 16.8. The molecule has 7 nitrogen and oxygen atoms in total. The molecule has 7 heteroatoms. The number of likely N-dealkylation sites (tertiary alicyclic amines) is 1. The number of rotatable bonds is 4. The fraction of sp³-hybridized carbons (Fsp3) is 0.400. The molecule has 2 saturated heterocycles. The molecule has 2 fully saturated rings. The van der Waals surface area contributed by atoms with E-state index in [0.717, 1.165) is 11.1 Å². The minimum absolute atomic E-state index is 0.175. The van der Waals surface area contributed by atoms with Gasteiger partial charge in [-0.15, -0.1) is 0 Å². The fourth-order valence-corrected chi connectivity index (χ4v) is 4.95. The van der Waals surface area contributed by atoms with Gasteiger partial charge in [0.15, 0.2) is 11.5 Å². The van der Waals surface area contributed by atoms with Crippen LogP contribution in [0.3, 0.4) is 0 Å². The van der Waals surface area contributed by atoms with Crippen LogP contribution in [0.1, 0.15) is 12.5 Å². The Hall–Kier alpha value is -2.80. The molecule has 1 amide bonds. The van der Waals surface area contributed by atoms with Gasteiger partial charge in [0, 0.05) is 18.4 Å². The zero-order valence-electron chi connectivity index (χ0n) is 14.7. The molecule has 1 aromatic carbocycles. The molecule has 5 atom stereocenters. The molecule has 0 aliphatic carbocycles. The van der Waals surface area contributed by atoms with Gasteiger partial charge in [0.1, 0.15) is 5.60 Å². The van der Waals surface area contributed by atoms with E-state index >= 15 is 0 Å². The number of fused-ring (bicyclic) bond motifs is 2. The molecule has 4 heterocycles. The third kappa shape index (κ3) is 2.06. The Morgan fingerprint density at radius 1 is 1.37 bits per heavy atom. The Bertz CT molecular complexity index is 908. The summed E-state index contributed by atoms with van der Waals surface area (Å²) in [6.45, 7) is 6.35. The molecule has 2 bridgehead atoms. The summed E-state index contributed by atoms with van der Waals surface area (Å²) in [6, 6.07) is 5.07. The molecule has 27 heavy (non-hydrogen) atoms. The lowest BCUT2D eigenvalue weighted by molar-refractivity contribution is -0.313. The highest BCUT2D eigenvalue weighted by atomic mass is 16.7. The van der Waals surface area contributed by atoms with Crippen LogP contribution in [0.5, 0.6) is 11.5 Å². The maximum atomic E-state index is 13.3. The molecule has 0 saturated carbocycles. The van der Waals surface area contributed by atoms with Crippen molar-refractivity contribution in [1.82, 2.24) is 4.90 Å². The van der Waals surface area contributed by atoms with Crippen LogP contribution in [0.25, 0.3) is 0 Å². The number of carboxylic acid groups (broad SMARTS) is 1. The third-order valence-electron chi connectivity index (χ3n) is 5.90. The van der Waals surface area contributed by atoms with Crippen molar-refractivity contribution < 1.29 is 28.9 Å². The fourth-order valence-electron chi connectivity index (χ4n) is 4.95. The van der Waals surface area contributed by atoms with Crippen LogP contribution in [0, 0.1) is 11.8 Å². The lowest BCUT2D eigenvalue weighted by atomic mass is 9.74. The predicted octanol–water partition coefficient (Wildman–Crippen LogP) is 0.392. The van der Waals surface area contributed by atoms with Crippen molar-refractivity contribution in [2.24, 2.45) is 11.8 Å². The molecule has 0 N–H and O–H groups in total. The van der Waals surface area contributed by atoms with Crippen LogP contribution >= 0.6 is 0 Å². The Morgan fingerprint density at radius 2 is 2.15 bits per heavy atom. The van der Waals surface area contributed by atoms with E-state index in [2.05, 4.69) is 6.58 Å². The van der Waals surface area contributed by atoms with Crippen LogP contribution in [0.4, 0.5) is 0 Å². The van der Waals surface area contributed by atoms with E-state index in [-0.39, 0.29) is 12.7 Å². The largest absolute Gasteiger partial charge is 0.550 e. The number of hydrogen-bond donors (Lipinski definition) is 0. The Labute approximate surface area is 155 Å². The number of aliphatic carboxylic acids is 1. The highest BCUT2D eigenvalue weighted by molar-refractivity contribution is 5.91. The van der Waals surface area contributed by atoms with Gasteiger partial charge in [0.25, 0.3) is 0 Å². The van der Waals surface area contributed by atoms with Crippen molar-refractivity contribution in [3.8, 4) is 11.5 Å². The molecule has 0 radical (unpaired) electrons. The second kappa shape index (κ2) is 5.36. The van der Waals surface area contributed by atoms with Crippen LogP contribution in [-0.2, 0) is 20.9 Å². The van der Waals surface area contributed by atoms with Gasteiger partial charge in [-0.05, 0) is 24.6 Å². The van der Waals surface area contributed by atoms with E-state index in [9.17, 15) is 14.7 Å². The molecule has 4 aliphatic heterocycles. The molecule has 140 valence electrons. The number of carbonyl (C=O) groups excluding carboxylic acids is 2.